The number of oxazole rings is 1. The maximum atomic E-state index is 12.5. The van der Waals surface area contributed by atoms with Crippen molar-refractivity contribution in [3.05, 3.63) is 41.9 Å². The highest BCUT2D eigenvalue weighted by atomic mass is 16.4. The zero-order valence-corrected chi connectivity index (χ0v) is 14.6. The highest BCUT2D eigenvalue weighted by Crippen LogP contribution is 2.24. The Labute approximate surface area is 143 Å². The lowest BCUT2D eigenvalue weighted by Crippen LogP contribution is -2.55. The fourth-order valence-corrected chi connectivity index (χ4v) is 3.32. The molecule has 2 heterocycles. The molecule has 0 bridgehead atoms. The molecular formula is C19H25N3O2. The van der Waals surface area contributed by atoms with Gasteiger partial charge in [0.25, 0.3) is 0 Å². The van der Waals surface area contributed by atoms with Crippen LogP contribution in [0.1, 0.15) is 31.9 Å². The Morgan fingerprint density at radius 1 is 1.25 bits per heavy atom. The summed E-state index contributed by atoms with van der Waals surface area (Å²) in [6, 6.07) is 10.6. The SMILES string of the molecule is Cc1nc(CCC(=O)N2C[C@@H](C)N[C@@H](C)C2)oc1-c1ccccc1. The molecular weight excluding hydrogens is 302 g/mol. The zero-order valence-electron chi connectivity index (χ0n) is 14.6. The predicted octanol–water partition coefficient (Wildman–Crippen LogP) is 2.79. The lowest BCUT2D eigenvalue weighted by molar-refractivity contribution is -0.133. The van der Waals surface area contributed by atoms with Gasteiger partial charge in [0.1, 0.15) is 0 Å². The number of nitrogens with zero attached hydrogens (tertiary/aromatic N) is 2. The Kier molecular flexibility index (Phi) is 5.00. The molecule has 0 saturated carbocycles. The third-order valence-corrected chi connectivity index (χ3v) is 4.34. The fraction of sp³-hybridized carbons (Fsp3) is 0.474. The van der Waals surface area contributed by atoms with Crippen molar-refractivity contribution in [1.82, 2.24) is 15.2 Å². The van der Waals surface area contributed by atoms with Crippen molar-refractivity contribution in [3.8, 4) is 11.3 Å². The molecule has 1 aromatic carbocycles. The van der Waals surface area contributed by atoms with Crippen LogP contribution in [0.15, 0.2) is 34.7 Å². The van der Waals surface area contributed by atoms with Gasteiger partial charge in [0.15, 0.2) is 11.7 Å². The third kappa shape index (κ3) is 3.85. The quantitative estimate of drug-likeness (QED) is 0.938. The number of aryl methyl sites for hydroxylation is 2. The minimum atomic E-state index is 0.173. The average molecular weight is 327 g/mol. The summed E-state index contributed by atoms with van der Waals surface area (Å²) < 4.78 is 5.89. The van der Waals surface area contributed by atoms with E-state index in [9.17, 15) is 4.79 Å². The van der Waals surface area contributed by atoms with Crippen molar-refractivity contribution in [2.45, 2.75) is 45.7 Å². The standard InChI is InChI=1S/C19H25N3O2/c1-13-11-22(12-14(2)20-13)18(23)10-9-17-21-15(3)19(24-17)16-7-5-4-6-8-16/h4-8,13-14,20H,9-12H2,1-3H3/t13-,14+. The summed E-state index contributed by atoms with van der Waals surface area (Å²) in [5, 5.41) is 3.44. The van der Waals surface area contributed by atoms with E-state index in [1.807, 2.05) is 42.2 Å². The number of aromatic nitrogens is 1. The largest absolute Gasteiger partial charge is 0.440 e. The van der Waals surface area contributed by atoms with E-state index in [-0.39, 0.29) is 5.91 Å². The summed E-state index contributed by atoms with van der Waals surface area (Å²) in [5.74, 6) is 1.60. The lowest BCUT2D eigenvalue weighted by Gasteiger charge is -2.36. The van der Waals surface area contributed by atoms with Gasteiger partial charge in [-0.25, -0.2) is 4.98 Å². The second-order valence-corrected chi connectivity index (χ2v) is 6.66. The first-order valence-electron chi connectivity index (χ1n) is 8.58. The molecule has 1 N–H and O–H groups in total. The van der Waals surface area contributed by atoms with Gasteiger partial charge in [-0.15, -0.1) is 0 Å². The van der Waals surface area contributed by atoms with Crippen molar-refractivity contribution in [3.63, 3.8) is 0 Å². The van der Waals surface area contributed by atoms with E-state index in [2.05, 4.69) is 24.1 Å². The summed E-state index contributed by atoms with van der Waals surface area (Å²) in [6.45, 7) is 7.70. The van der Waals surface area contributed by atoms with Gasteiger partial charge in [0.05, 0.1) is 5.69 Å². The number of nitrogens with one attached hydrogen (secondary N) is 1. The minimum Gasteiger partial charge on any atom is -0.440 e. The molecule has 5 nitrogen and oxygen atoms in total. The predicted molar refractivity (Wildman–Crippen MR) is 93.6 cm³/mol. The van der Waals surface area contributed by atoms with Gasteiger partial charge >= 0.3 is 0 Å². The van der Waals surface area contributed by atoms with Gasteiger partial charge in [0.2, 0.25) is 5.91 Å². The molecule has 1 amide bonds. The highest BCUT2D eigenvalue weighted by Gasteiger charge is 2.24. The molecule has 1 fully saturated rings. The molecule has 1 aliphatic rings. The lowest BCUT2D eigenvalue weighted by atomic mass is 10.1. The molecule has 0 aliphatic carbocycles. The molecule has 1 aromatic heterocycles. The van der Waals surface area contributed by atoms with Crippen LogP contribution in [-0.2, 0) is 11.2 Å². The first-order valence-corrected chi connectivity index (χ1v) is 8.58. The fourth-order valence-electron chi connectivity index (χ4n) is 3.32. The van der Waals surface area contributed by atoms with Crippen molar-refractivity contribution < 1.29 is 9.21 Å². The molecule has 5 heteroatoms. The Morgan fingerprint density at radius 3 is 2.58 bits per heavy atom. The molecule has 1 saturated heterocycles. The monoisotopic (exact) mass is 327 g/mol. The van der Waals surface area contributed by atoms with Crippen LogP contribution in [0.5, 0.6) is 0 Å². The number of hydrogen-bond acceptors (Lipinski definition) is 4. The van der Waals surface area contributed by atoms with Crippen molar-refractivity contribution in [1.29, 1.82) is 0 Å². The zero-order chi connectivity index (χ0) is 17.1. The van der Waals surface area contributed by atoms with Crippen LogP contribution in [0, 0.1) is 6.92 Å². The first kappa shape index (κ1) is 16.7. The molecule has 0 radical (unpaired) electrons. The molecule has 0 spiro atoms. The number of benzene rings is 1. The van der Waals surface area contributed by atoms with E-state index >= 15 is 0 Å². The van der Waals surface area contributed by atoms with Crippen LogP contribution < -0.4 is 5.32 Å². The Morgan fingerprint density at radius 2 is 1.92 bits per heavy atom. The van der Waals surface area contributed by atoms with E-state index in [0.29, 0.717) is 30.8 Å². The van der Waals surface area contributed by atoms with Crippen LogP contribution in [-0.4, -0.2) is 41.0 Å². The molecule has 2 aromatic rings. The van der Waals surface area contributed by atoms with Crippen molar-refractivity contribution in [2.75, 3.05) is 13.1 Å². The number of hydrogen-bond donors (Lipinski definition) is 1. The number of carbonyl (C=O) groups excluding carboxylic acids is 1. The molecule has 1 aliphatic heterocycles. The maximum Gasteiger partial charge on any atom is 0.223 e. The molecule has 3 rings (SSSR count). The average Bonchev–Trinajstić information content (AvgIpc) is 2.93. The second-order valence-electron chi connectivity index (χ2n) is 6.66. The maximum absolute atomic E-state index is 12.5. The summed E-state index contributed by atoms with van der Waals surface area (Å²) in [6.07, 6.45) is 0.979. The minimum absolute atomic E-state index is 0.173. The number of rotatable bonds is 4. The highest BCUT2D eigenvalue weighted by molar-refractivity contribution is 5.76. The Hall–Kier alpha value is -2.14. The van der Waals surface area contributed by atoms with Crippen LogP contribution in [0.4, 0.5) is 0 Å². The van der Waals surface area contributed by atoms with Gasteiger partial charge in [-0.3, -0.25) is 4.79 Å². The third-order valence-electron chi connectivity index (χ3n) is 4.34. The van der Waals surface area contributed by atoms with E-state index in [1.165, 1.54) is 0 Å². The summed E-state index contributed by atoms with van der Waals surface area (Å²) in [5.41, 5.74) is 1.89. The topological polar surface area (TPSA) is 58.4 Å². The van der Waals surface area contributed by atoms with E-state index in [0.717, 1.165) is 30.1 Å². The number of piperazine rings is 1. The molecule has 0 unspecified atom stereocenters. The van der Waals surface area contributed by atoms with E-state index < -0.39 is 0 Å². The van der Waals surface area contributed by atoms with Gasteiger partial charge < -0.3 is 14.6 Å². The molecule has 24 heavy (non-hydrogen) atoms. The van der Waals surface area contributed by atoms with E-state index in [1.54, 1.807) is 0 Å². The number of carbonyl (C=O) groups is 1. The van der Waals surface area contributed by atoms with Crippen molar-refractivity contribution >= 4 is 5.91 Å². The Balaban J connectivity index is 1.62. The van der Waals surface area contributed by atoms with E-state index in [4.69, 9.17) is 4.42 Å². The Bertz CT molecular complexity index is 686. The van der Waals surface area contributed by atoms with Crippen molar-refractivity contribution in [2.24, 2.45) is 0 Å². The second kappa shape index (κ2) is 7.18. The first-order chi connectivity index (χ1) is 11.5. The van der Waals surface area contributed by atoms with Crippen LogP contribution in [0.3, 0.4) is 0 Å². The molecule has 2 atom stereocenters. The summed E-state index contributed by atoms with van der Waals surface area (Å²) in [4.78, 5) is 18.9. The van der Waals surface area contributed by atoms with Gasteiger partial charge in [0, 0.05) is 43.6 Å². The number of amides is 1. The van der Waals surface area contributed by atoms with Gasteiger partial charge in [-0.1, -0.05) is 30.3 Å². The molecule has 128 valence electrons. The smallest absolute Gasteiger partial charge is 0.223 e. The van der Waals surface area contributed by atoms with Crippen LogP contribution in [0.2, 0.25) is 0 Å². The summed E-state index contributed by atoms with van der Waals surface area (Å²) >= 11 is 0. The van der Waals surface area contributed by atoms with Gasteiger partial charge in [-0.05, 0) is 20.8 Å². The van der Waals surface area contributed by atoms with Crippen LogP contribution in [0.25, 0.3) is 11.3 Å². The normalized spacial score (nSPS) is 21.0. The van der Waals surface area contributed by atoms with Crippen LogP contribution >= 0.6 is 0 Å². The van der Waals surface area contributed by atoms with Gasteiger partial charge in [-0.2, -0.15) is 0 Å². The summed E-state index contributed by atoms with van der Waals surface area (Å²) in [7, 11) is 0.